The number of oxazole rings is 1. The summed E-state index contributed by atoms with van der Waals surface area (Å²) in [5.41, 5.74) is 1.58. The van der Waals surface area contributed by atoms with E-state index in [1.54, 1.807) is 11.3 Å². The molecule has 2 saturated heterocycles. The summed E-state index contributed by atoms with van der Waals surface area (Å²) in [5, 5.41) is 3.30. The molecule has 27 heavy (non-hydrogen) atoms. The van der Waals surface area contributed by atoms with Gasteiger partial charge in [-0.05, 0) is 31.6 Å². The van der Waals surface area contributed by atoms with Gasteiger partial charge in [0.05, 0.1) is 10.7 Å². The summed E-state index contributed by atoms with van der Waals surface area (Å²) in [5.74, 6) is 1.68. The number of hydrogen-bond donors (Lipinski definition) is 0. The maximum Gasteiger partial charge on any atom is 0.275 e. The molecule has 2 aromatic rings. The lowest BCUT2D eigenvalue weighted by molar-refractivity contribution is 0.0700. The van der Waals surface area contributed by atoms with Crippen LogP contribution in [-0.2, 0) is 4.74 Å². The van der Waals surface area contributed by atoms with Gasteiger partial charge in [-0.3, -0.25) is 4.79 Å². The lowest BCUT2D eigenvalue weighted by Gasteiger charge is -2.31. The van der Waals surface area contributed by atoms with Crippen LogP contribution in [0.2, 0.25) is 0 Å². The molecule has 0 aromatic carbocycles. The maximum absolute atomic E-state index is 12.9. The molecular weight excluding hydrogens is 362 g/mol. The summed E-state index contributed by atoms with van der Waals surface area (Å²) in [6, 6.07) is 0. The molecule has 0 saturated carbocycles. The first-order chi connectivity index (χ1) is 13.1. The second kappa shape index (κ2) is 8.10. The van der Waals surface area contributed by atoms with Gasteiger partial charge in [0.2, 0.25) is 0 Å². The summed E-state index contributed by atoms with van der Waals surface area (Å²) in [6.07, 6.45) is 5.42. The zero-order valence-corrected chi connectivity index (χ0v) is 16.8. The standard InChI is InChI=1S/C20H27N3O3S/c1-13(2)17-12-27-19(22-17)15-4-3-7-23(10-15)20(24)16-11-26-18(21-16)14-5-8-25-9-6-14/h11-15H,3-10H2,1-2H3. The number of rotatable bonds is 4. The van der Waals surface area contributed by atoms with E-state index in [0.717, 1.165) is 56.1 Å². The molecule has 4 rings (SSSR count). The molecule has 6 nitrogen and oxygen atoms in total. The fourth-order valence-corrected chi connectivity index (χ4v) is 4.91. The molecule has 2 aliphatic rings. The number of likely N-dealkylation sites (tertiary alicyclic amines) is 1. The van der Waals surface area contributed by atoms with Crippen LogP contribution in [-0.4, -0.2) is 47.1 Å². The van der Waals surface area contributed by atoms with Crippen LogP contribution in [0.1, 0.15) is 84.4 Å². The van der Waals surface area contributed by atoms with Crippen molar-refractivity contribution in [1.82, 2.24) is 14.9 Å². The normalized spacial score (nSPS) is 21.7. The predicted octanol–water partition coefficient (Wildman–Crippen LogP) is 4.17. The molecule has 0 radical (unpaired) electrons. The van der Waals surface area contributed by atoms with Crippen LogP contribution < -0.4 is 0 Å². The molecule has 1 atom stereocenters. The van der Waals surface area contributed by atoms with E-state index >= 15 is 0 Å². The molecule has 1 amide bonds. The number of amides is 1. The monoisotopic (exact) mass is 389 g/mol. The van der Waals surface area contributed by atoms with Crippen LogP contribution in [0.5, 0.6) is 0 Å². The Morgan fingerprint density at radius 1 is 1.22 bits per heavy atom. The smallest absolute Gasteiger partial charge is 0.275 e. The average molecular weight is 390 g/mol. The maximum atomic E-state index is 12.9. The largest absolute Gasteiger partial charge is 0.448 e. The number of hydrogen-bond acceptors (Lipinski definition) is 6. The zero-order valence-electron chi connectivity index (χ0n) is 16.0. The first kappa shape index (κ1) is 18.6. The molecule has 4 heterocycles. The van der Waals surface area contributed by atoms with Gasteiger partial charge in [-0.15, -0.1) is 11.3 Å². The van der Waals surface area contributed by atoms with E-state index in [0.29, 0.717) is 30.0 Å². The van der Waals surface area contributed by atoms with Crippen molar-refractivity contribution < 1.29 is 13.9 Å². The Labute approximate surface area is 163 Å². The van der Waals surface area contributed by atoms with Gasteiger partial charge in [0, 0.05) is 43.5 Å². The van der Waals surface area contributed by atoms with E-state index in [-0.39, 0.29) is 11.8 Å². The second-order valence-corrected chi connectivity index (χ2v) is 8.70. The van der Waals surface area contributed by atoms with Gasteiger partial charge in [0.25, 0.3) is 5.91 Å². The van der Waals surface area contributed by atoms with Crippen molar-refractivity contribution in [3.8, 4) is 0 Å². The number of carbonyl (C=O) groups excluding carboxylic acids is 1. The van der Waals surface area contributed by atoms with Crippen molar-refractivity contribution in [3.63, 3.8) is 0 Å². The van der Waals surface area contributed by atoms with Gasteiger partial charge in [0.15, 0.2) is 11.6 Å². The summed E-state index contributed by atoms with van der Waals surface area (Å²) in [4.78, 5) is 24.2. The van der Waals surface area contributed by atoms with Crippen LogP contribution in [0.15, 0.2) is 16.1 Å². The molecule has 0 N–H and O–H groups in total. The first-order valence-electron chi connectivity index (χ1n) is 9.89. The Kier molecular flexibility index (Phi) is 5.59. The predicted molar refractivity (Wildman–Crippen MR) is 103 cm³/mol. The number of thiazole rings is 1. The molecule has 0 spiro atoms. The van der Waals surface area contributed by atoms with Gasteiger partial charge >= 0.3 is 0 Å². The summed E-state index contributed by atoms with van der Waals surface area (Å²) in [6.45, 7) is 7.28. The molecule has 2 aliphatic heterocycles. The minimum Gasteiger partial charge on any atom is -0.448 e. The number of aromatic nitrogens is 2. The Bertz CT molecular complexity index is 779. The van der Waals surface area contributed by atoms with Crippen molar-refractivity contribution in [2.45, 2.75) is 57.3 Å². The number of ether oxygens (including phenoxy) is 1. The fourth-order valence-electron chi connectivity index (χ4n) is 3.80. The molecule has 0 bridgehead atoms. The minimum absolute atomic E-state index is 0.0256. The van der Waals surface area contributed by atoms with Gasteiger partial charge in [-0.25, -0.2) is 9.97 Å². The van der Waals surface area contributed by atoms with E-state index in [4.69, 9.17) is 14.1 Å². The van der Waals surface area contributed by atoms with Crippen molar-refractivity contribution in [3.05, 3.63) is 33.9 Å². The van der Waals surface area contributed by atoms with E-state index < -0.39 is 0 Å². The van der Waals surface area contributed by atoms with Crippen LogP contribution in [0, 0.1) is 0 Å². The van der Waals surface area contributed by atoms with Gasteiger partial charge in [-0.1, -0.05) is 13.8 Å². The second-order valence-electron chi connectivity index (χ2n) is 7.81. The third-order valence-corrected chi connectivity index (χ3v) is 6.53. The molecule has 0 aliphatic carbocycles. The SMILES string of the molecule is CC(C)c1csc(C2CCCN(C(=O)c3coc(C4CCOCC4)n3)C2)n1. The molecule has 1 unspecified atom stereocenters. The topological polar surface area (TPSA) is 68.5 Å². The number of nitrogens with zero attached hydrogens (tertiary/aromatic N) is 3. The average Bonchev–Trinajstić information content (AvgIpc) is 3.38. The lowest BCUT2D eigenvalue weighted by Crippen LogP contribution is -2.39. The lowest BCUT2D eigenvalue weighted by atomic mass is 9.98. The van der Waals surface area contributed by atoms with Crippen LogP contribution >= 0.6 is 11.3 Å². The van der Waals surface area contributed by atoms with Crippen molar-refractivity contribution in [1.29, 1.82) is 0 Å². The quantitative estimate of drug-likeness (QED) is 0.785. The Balaban J connectivity index is 1.43. The Morgan fingerprint density at radius 2 is 2.04 bits per heavy atom. The van der Waals surface area contributed by atoms with Gasteiger partial charge < -0.3 is 14.1 Å². The highest BCUT2D eigenvalue weighted by molar-refractivity contribution is 7.09. The van der Waals surface area contributed by atoms with Crippen molar-refractivity contribution in [2.24, 2.45) is 0 Å². The highest BCUT2D eigenvalue weighted by Gasteiger charge is 2.30. The van der Waals surface area contributed by atoms with Crippen molar-refractivity contribution >= 4 is 17.2 Å². The molecule has 2 aromatic heterocycles. The number of carbonyl (C=O) groups is 1. The summed E-state index contributed by atoms with van der Waals surface area (Å²) in [7, 11) is 0. The van der Waals surface area contributed by atoms with E-state index in [2.05, 4.69) is 24.2 Å². The minimum atomic E-state index is -0.0256. The van der Waals surface area contributed by atoms with Crippen LogP contribution in [0.25, 0.3) is 0 Å². The molecule has 7 heteroatoms. The third kappa shape index (κ3) is 4.09. The first-order valence-corrected chi connectivity index (χ1v) is 10.8. The third-order valence-electron chi connectivity index (χ3n) is 5.50. The number of piperidine rings is 1. The molecule has 146 valence electrons. The van der Waals surface area contributed by atoms with Gasteiger partial charge in [0.1, 0.15) is 6.26 Å². The zero-order chi connectivity index (χ0) is 18.8. The fraction of sp³-hybridized carbons (Fsp3) is 0.650. The summed E-state index contributed by atoms with van der Waals surface area (Å²) < 4.78 is 11.0. The van der Waals surface area contributed by atoms with Crippen molar-refractivity contribution in [2.75, 3.05) is 26.3 Å². The van der Waals surface area contributed by atoms with E-state index in [1.165, 1.54) is 6.26 Å². The summed E-state index contributed by atoms with van der Waals surface area (Å²) >= 11 is 1.72. The highest BCUT2D eigenvalue weighted by Crippen LogP contribution is 2.32. The molecular formula is C20H27N3O3S. The highest BCUT2D eigenvalue weighted by atomic mass is 32.1. The van der Waals surface area contributed by atoms with E-state index in [1.807, 2.05) is 4.90 Å². The van der Waals surface area contributed by atoms with Crippen LogP contribution in [0.4, 0.5) is 0 Å². The van der Waals surface area contributed by atoms with Gasteiger partial charge in [-0.2, -0.15) is 0 Å². The van der Waals surface area contributed by atoms with E-state index in [9.17, 15) is 4.79 Å². The Morgan fingerprint density at radius 3 is 2.78 bits per heavy atom. The molecule has 2 fully saturated rings. The van der Waals surface area contributed by atoms with Crippen LogP contribution in [0.3, 0.4) is 0 Å². The Hall–Kier alpha value is -1.73.